The van der Waals surface area contributed by atoms with Crippen LogP contribution in [0.3, 0.4) is 0 Å². The lowest BCUT2D eigenvalue weighted by Gasteiger charge is -2.17. The molecule has 0 saturated heterocycles. The van der Waals surface area contributed by atoms with Crippen molar-refractivity contribution in [3.63, 3.8) is 0 Å². The minimum Gasteiger partial charge on any atom is -0.381 e. The molecule has 0 atom stereocenters. The van der Waals surface area contributed by atoms with Crippen molar-refractivity contribution < 1.29 is 13.6 Å². The molecule has 1 amide bonds. The Bertz CT molecular complexity index is 727. The zero-order chi connectivity index (χ0) is 16.4. The van der Waals surface area contributed by atoms with Crippen molar-refractivity contribution in [1.29, 1.82) is 0 Å². The van der Waals surface area contributed by atoms with E-state index >= 15 is 0 Å². The standard InChI is InChI=1S/C16H18F2N4O/c1-10-12(8-21-22(10)9-15(17)18)7-20-13-2-3-14-11(6-13)4-5-19-16(14)23/h2-3,6,8,15,20H,4-5,7,9H2,1H3,(H,19,23). The van der Waals surface area contributed by atoms with Gasteiger partial charge in [-0.05, 0) is 37.1 Å². The molecular weight excluding hydrogens is 302 g/mol. The summed E-state index contributed by atoms with van der Waals surface area (Å²) in [5.41, 5.74) is 4.24. The van der Waals surface area contributed by atoms with Crippen LogP contribution in [0, 0.1) is 6.92 Å². The van der Waals surface area contributed by atoms with Crippen LogP contribution >= 0.6 is 0 Å². The maximum absolute atomic E-state index is 12.4. The third-order valence-electron chi connectivity index (χ3n) is 4.03. The van der Waals surface area contributed by atoms with Crippen LogP contribution in [-0.4, -0.2) is 28.7 Å². The normalized spacial score (nSPS) is 13.8. The molecule has 23 heavy (non-hydrogen) atoms. The topological polar surface area (TPSA) is 58.9 Å². The van der Waals surface area contributed by atoms with Gasteiger partial charge in [-0.25, -0.2) is 8.78 Å². The van der Waals surface area contributed by atoms with E-state index in [1.165, 1.54) is 4.68 Å². The van der Waals surface area contributed by atoms with Crippen molar-refractivity contribution in [2.24, 2.45) is 0 Å². The van der Waals surface area contributed by atoms with E-state index in [2.05, 4.69) is 15.7 Å². The number of carbonyl (C=O) groups excluding carboxylic acids is 1. The van der Waals surface area contributed by atoms with Crippen molar-refractivity contribution in [2.45, 2.75) is 32.9 Å². The minimum atomic E-state index is -2.42. The second kappa shape index (κ2) is 6.36. The smallest absolute Gasteiger partial charge is 0.257 e. The second-order valence-electron chi connectivity index (χ2n) is 5.56. The Kier molecular flexibility index (Phi) is 4.27. The lowest BCUT2D eigenvalue weighted by molar-refractivity contribution is 0.0946. The molecule has 0 unspecified atom stereocenters. The van der Waals surface area contributed by atoms with Crippen LogP contribution in [0.1, 0.15) is 27.2 Å². The average Bonchev–Trinajstić information content (AvgIpc) is 2.85. The largest absolute Gasteiger partial charge is 0.381 e. The van der Waals surface area contributed by atoms with Crippen LogP contribution < -0.4 is 10.6 Å². The number of anilines is 1. The fourth-order valence-electron chi connectivity index (χ4n) is 2.71. The first-order chi connectivity index (χ1) is 11.0. The summed E-state index contributed by atoms with van der Waals surface area (Å²) in [5.74, 6) is -0.0399. The first kappa shape index (κ1) is 15.5. The van der Waals surface area contributed by atoms with E-state index in [1.54, 1.807) is 19.2 Å². The Morgan fingerprint density at radius 1 is 1.43 bits per heavy atom. The van der Waals surface area contributed by atoms with E-state index in [1.807, 2.05) is 12.1 Å². The maximum atomic E-state index is 12.4. The number of hydrogen-bond acceptors (Lipinski definition) is 3. The molecule has 2 N–H and O–H groups in total. The number of carbonyl (C=O) groups is 1. The maximum Gasteiger partial charge on any atom is 0.257 e. The third-order valence-corrected chi connectivity index (χ3v) is 4.03. The number of alkyl halides is 2. The summed E-state index contributed by atoms with van der Waals surface area (Å²) in [6.45, 7) is 2.54. The highest BCUT2D eigenvalue weighted by molar-refractivity contribution is 5.97. The molecule has 0 fully saturated rings. The van der Waals surface area contributed by atoms with Crippen LogP contribution in [0.4, 0.5) is 14.5 Å². The van der Waals surface area contributed by atoms with Gasteiger partial charge in [-0.3, -0.25) is 9.48 Å². The Labute approximate surface area is 132 Å². The first-order valence-electron chi connectivity index (χ1n) is 7.49. The van der Waals surface area contributed by atoms with E-state index in [0.29, 0.717) is 18.7 Å². The molecular formula is C16H18F2N4O. The molecule has 1 aliphatic rings. The minimum absolute atomic E-state index is 0.0399. The number of nitrogens with zero attached hydrogens (tertiary/aromatic N) is 2. The number of rotatable bonds is 5. The van der Waals surface area contributed by atoms with Gasteiger partial charge >= 0.3 is 0 Å². The summed E-state index contributed by atoms with van der Waals surface area (Å²) in [6, 6.07) is 5.62. The van der Waals surface area contributed by atoms with Gasteiger partial charge in [0.15, 0.2) is 0 Å². The fraction of sp³-hybridized carbons (Fsp3) is 0.375. The van der Waals surface area contributed by atoms with E-state index in [-0.39, 0.29) is 12.5 Å². The number of fused-ring (bicyclic) bond motifs is 1. The SMILES string of the molecule is Cc1c(CNc2ccc3c(c2)CCNC3=O)cnn1CC(F)F. The second-order valence-corrected chi connectivity index (χ2v) is 5.56. The number of aromatic nitrogens is 2. The summed E-state index contributed by atoms with van der Waals surface area (Å²) < 4.78 is 26.2. The van der Waals surface area contributed by atoms with Crippen molar-refractivity contribution in [1.82, 2.24) is 15.1 Å². The molecule has 2 aromatic rings. The van der Waals surface area contributed by atoms with Crippen molar-refractivity contribution in [3.05, 3.63) is 46.8 Å². The Morgan fingerprint density at radius 3 is 3.04 bits per heavy atom. The molecule has 122 valence electrons. The molecule has 7 heteroatoms. The van der Waals surface area contributed by atoms with Gasteiger partial charge < -0.3 is 10.6 Å². The van der Waals surface area contributed by atoms with Gasteiger partial charge in [-0.2, -0.15) is 5.10 Å². The van der Waals surface area contributed by atoms with Crippen LogP contribution in [0.2, 0.25) is 0 Å². The van der Waals surface area contributed by atoms with Crippen molar-refractivity contribution >= 4 is 11.6 Å². The van der Waals surface area contributed by atoms with E-state index in [0.717, 1.165) is 28.9 Å². The van der Waals surface area contributed by atoms with Crippen LogP contribution in [0.5, 0.6) is 0 Å². The van der Waals surface area contributed by atoms with Crippen LogP contribution in [0.15, 0.2) is 24.4 Å². The molecule has 1 aliphatic heterocycles. The summed E-state index contributed by atoms with van der Waals surface area (Å²) in [7, 11) is 0. The van der Waals surface area contributed by atoms with Crippen LogP contribution in [0.25, 0.3) is 0 Å². The van der Waals surface area contributed by atoms with Crippen molar-refractivity contribution in [3.8, 4) is 0 Å². The van der Waals surface area contributed by atoms with Gasteiger partial charge in [0.1, 0.15) is 6.54 Å². The molecule has 1 aromatic carbocycles. The van der Waals surface area contributed by atoms with Crippen molar-refractivity contribution in [2.75, 3.05) is 11.9 Å². The quantitative estimate of drug-likeness (QED) is 0.889. The molecule has 0 saturated carbocycles. The predicted octanol–water partition coefficient (Wildman–Crippen LogP) is 2.35. The Morgan fingerprint density at radius 2 is 2.26 bits per heavy atom. The van der Waals surface area contributed by atoms with Gasteiger partial charge in [-0.1, -0.05) is 0 Å². The number of halogens is 2. The Balaban J connectivity index is 1.69. The highest BCUT2D eigenvalue weighted by Gasteiger charge is 2.16. The summed E-state index contributed by atoms with van der Waals surface area (Å²) in [6.07, 6.45) is -0.000368. The first-order valence-corrected chi connectivity index (χ1v) is 7.49. The average molecular weight is 320 g/mol. The molecule has 0 aliphatic carbocycles. The zero-order valence-electron chi connectivity index (χ0n) is 12.8. The number of benzene rings is 1. The molecule has 1 aromatic heterocycles. The number of amides is 1. The van der Waals surface area contributed by atoms with Gasteiger partial charge in [0, 0.05) is 35.6 Å². The highest BCUT2D eigenvalue weighted by Crippen LogP contribution is 2.20. The molecule has 0 spiro atoms. The summed E-state index contributed by atoms with van der Waals surface area (Å²) >= 11 is 0. The summed E-state index contributed by atoms with van der Waals surface area (Å²) in [4.78, 5) is 11.7. The van der Waals surface area contributed by atoms with E-state index in [4.69, 9.17) is 0 Å². The lowest BCUT2D eigenvalue weighted by Crippen LogP contribution is -2.31. The van der Waals surface area contributed by atoms with E-state index in [9.17, 15) is 13.6 Å². The fourth-order valence-corrected chi connectivity index (χ4v) is 2.71. The van der Waals surface area contributed by atoms with Gasteiger partial charge in [0.25, 0.3) is 12.3 Å². The molecule has 3 rings (SSSR count). The predicted molar refractivity (Wildman–Crippen MR) is 82.8 cm³/mol. The third kappa shape index (κ3) is 3.33. The molecule has 5 nitrogen and oxygen atoms in total. The molecule has 0 radical (unpaired) electrons. The van der Waals surface area contributed by atoms with E-state index < -0.39 is 6.43 Å². The monoisotopic (exact) mass is 320 g/mol. The van der Waals surface area contributed by atoms with Gasteiger partial charge in [0.05, 0.1) is 6.20 Å². The Hall–Kier alpha value is -2.44. The van der Waals surface area contributed by atoms with Crippen LogP contribution in [-0.2, 0) is 19.5 Å². The number of nitrogens with one attached hydrogen (secondary N) is 2. The highest BCUT2D eigenvalue weighted by atomic mass is 19.3. The zero-order valence-corrected chi connectivity index (χ0v) is 12.8. The molecule has 0 bridgehead atoms. The summed E-state index contributed by atoms with van der Waals surface area (Å²) in [5, 5.41) is 10.1. The molecule has 2 heterocycles. The van der Waals surface area contributed by atoms with Gasteiger partial charge in [-0.15, -0.1) is 0 Å². The number of hydrogen-bond donors (Lipinski definition) is 2. The lowest BCUT2D eigenvalue weighted by atomic mass is 10.00. The van der Waals surface area contributed by atoms with Gasteiger partial charge in [0.2, 0.25) is 0 Å².